The van der Waals surface area contributed by atoms with Crippen molar-refractivity contribution in [2.45, 2.75) is 20.3 Å². The van der Waals surface area contributed by atoms with Crippen molar-refractivity contribution in [1.29, 1.82) is 0 Å². The molecule has 20 heavy (non-hydrogen) atoms. The Morgan fingerprint density at radius 2 is 2.10 bits per heavy atom. The smallest absolute Gasteiger partial charge is 0.252 e. The number of hydrogen-bond donors (Lipinski definition) is 2. The highest BCUT2D eigenvalue weighted by molar-refractivity contribution is 6.44. The van der Waals surface area contributed by atoms with Crippen LogP contribution in [0.25, 0.3) is 0 Å². The van der Waals surface area contributed by atoms with Gasteiger partial charge in [0.05, 0.1) is 15.6 Å². The standard InChI is InChI=1S/C14H20Cl2N2O2/c1-9(2)8-20-5-3-4-18-14(19)11-6-10(17)7-12(15)13(11)16/h6-7,9H,3-5,8,17H2,1-2H3,(H,18,19). The summed E-state index contributed by atoms with van der Waals surface area (Å²) in [4.78, 5) is 12.0. The highest BCUT2D eigenvalue weighted by atomic mass is 35.5. The summed E-state index contributed by atoms with van der Waals surface area (Å²) in [5, 5.41) is 3.26. The molecule has 0 aliphatic heterocycles. The van der Waals surface area contributed by atoms with Crippen LogP contribution in [0.4, 0.5) is 5.69 Å². The maximum absolute atomic E-state index is 12.0. The molecule has 0 saturated heterocycles. The first-order valence-electron chi connectivity index (χ1n) is 6.52. The van der Waals surface area contributed by atoms with Crippen LogP contribution in [0.2, 0.25) is 10.0 Å². The van der Waals surface area contributed by atoms with Gasteiger partial charge in [0.1, 0.15) is 0 Å². The Bertz CT molecular complexity index is 465. The summed E-state index contributed by atoms with van der Waals surface area (Å²) in [5.74, 6) is 0.228. The molecule has 0 fully saturated rings. The van der Waals surface area contributed by atoms with Crippen LogP contribution in [0, 0.1) is 5.92 Å². The second kappa shape index (κ2) is 8.35. The zero-order chi connectivity index (χ0) is 15.1. The minimum Gasteiger partial charge on any atom is -0.399 e. The predicted octanol–water partition coefficient (Wildman–Crippen LogP) is 3.37. The molecule has 1 amide bonds. The minimum atomic E-state index is -0.284. The summed E-state index contributed by atoms with van der Waals surface area (Å²) in [5.41, 5.74) is 6.34. The molecule has 6 heteroatoms. The van der Waals surface area contributed by atoms with E-state index >= 15 is 0 Å². The molecule has 3 N–H and O–H groups in total. The van der Waals surface area contributed by atoms with Gasteiger partial charge >= 0.3 is 0 Å². The molecular formula is C14H20Cl2N2O2. The van der Waals surface area contributed by atoms with Gasteiger partial charge in [-0.1, -0.05) is 37.0 Å². The third-order valence-electron chi connectivity index (χ3n) is 2.50. The van der Waals surface area contributed by atoms with Crippen molar-refractivity contribution >= 4 is 34.8 Å². The van der Waals surface area contributed by atoms with E-state index in [1.54, 1.807) is 0 Å². The second-order valence-electron chi connectivity index (χ2n) is 4.94. The van der Waals surface area contributed by atoms with Gasteiger partial charge in [-0.15, -0.1) is 0 Å². The molecule has 0 aromatic heterocycles. The van der Waals surface area contributed by atoms with E-state index in [1.165, 1.54) is 12.1 Å². The van der Waals surface area contributed by atoms with E-state index in [4.69, 9.17) is 33.7 Å². The number of carbonyl (C=O) groups excluding carboxylic acids is 1. The summed E-state index contributed by atoms with van der Waals surface area (Å²) in [6.45, 7) is 6.04. The molecule has 0 saturated carbocycles. The van der Waals surface area contributed by atoms with Crippen molar-refractivity contribution in [3.63, 3.8) is 0 Å². The molecule has 0 bridgehead atoms. The molecule has 112 valence electrons. The number of nitrogens with two attached hydrogens (primary N) is 1. The van der Waals surface area contributed by atoms with Gasteiger partial charge in [-0.2, -0.15) is 0 Å². The molecule has 1 aromatic rings. The van der Waals surface area contributed by atoms with Crippen LogP contribution in [-0.4, -0.2) is 25.7 Å². The fourth-order valence-corrected chi connectivity index (χ4v) is 1.99. The number of amides is 1. The van der Waals surface area contributed by atoms with Gasteiger partial charge < -0.3 is 15.8 Å². The molecule has 1 rings (SSSR count). The maximum atomic E-state index is 12.0. The normalized spacial score (nSPS) is 10.8. The molecule has 4 nitrogen and oxygen atoms in total. The highest BCUT2D eigenvalue weighted by Gasteiger charge is 2.13. The average molecular weight is 319 g/mol. The lowest BCUT2D eigenvalue weighted by atomic mass is 10.2. The Kier molecular flexibility index (Phi) is 7.13. The molecule has 0 aliphatic carbocycles. The minimum absolute atomic E-state index is 0.217. The van der Waals surface area contributed by atoms with Gasteiger partial charge in [-0.25, -0.2) is 0 Å². The number of anilines is 1. The molecule has 0 unspecified atom stereocenters. The quantitative estimate of drug-likeness (QED) is 0.598. The lowest BCUT2D eigenvalue weighted by Gasteiger charge is -2.10. The van der Waals surface area contributed by atoms with Crippen LogP contribution in [0.5, 0.6) is 0 Å². The van der Waals surface area contributed by atoms with Gasteiger partial charge in [0, 0.05) is 25.4 Å². The monoisotopic (exact) mass is 318 g/mol. The third-order valence-corrected chi connectivity index (χ3v) is 3.30. The zero-order valence-electron chi connectivity index (χ0n) is 11.7. The van der Waals surface area contributed by atoms with E-state index in [-0.39, 0.29) is 16.0 Å². The molecule has 0 radical (unpaired) electrons. The van der Waals surface area contributed by atoms with Crippen molar-refractivity contribution in [3.8, 4) is 0 Å². The number of nitrogens with one attached hydrogen (secondary N) is 1. The lowest BCUT2D eigenvalue weighted by Crippen LogP contribution is -2.26. The number of hydrogen-bond acceptors (Lipinski definition) is 3. The zero-order valence-corrected chi connectivity index (χ0v) is 13.2. The van der Waals surface area contributed by atoms with Crippen LogP contribution in [-0.2, 0) is 4.74 Å². The van der Waals surface area contributed by atoms with Gasteiger partial charge in [0.25, 0.3) is 5.91 Å². The van der Waals surface area contributed by atoms with Crippen molar-refractivity contribution in [2.75, 3.05) is 25.5 Å². The Labute approximate surface area is 129 Å². The molecule has 0 atom stereocenters. The largest absolute Gasteiger partial charge is 0.399 e. The van der Waals surface area contributed by atoms with Crippen molar-refractivity contribution in [2.24, 2.45) is 5.92 Å². The molecule has 0 heterocycles. The van der Waals surface area contributed by atoms with E-state index in [0.29, 0.717) is 30.3 Å². The lowest BCUT2D eigenvalue weighted by molar-refractivity contribution is 0.0925. The highest BCUT2D eigenvalue weighted by Crippen LogP contribution is 2.28. The summed E-state index contributed by atoms with van der Waals surface area (Å²) in [6, 6.07) is 3.03. The van der Waals surface area contributed by atoms with Crippen LogP contribution < -0.4 is 11.1 Å². The van der Waals surface area contributed by atoms with Crippen LogP contribution in [0.15, 0.2) is 12.1 Å². The summed E-state index contributed by atoms with van der Waals surface area (Å²) < 4.78 is 5.43. The summed E-state index contributed by atoms with van der Waals surface area (Å²) in [6.07, 6.45) is 0.742. The van der Waals surface area contributed by atoms with E-state index in [2.05, 4.69) is 19.2 Å². The summed E-state index contributed by atoms with van der Waals surface area (Å²) in [7, 11) is 0. The first-order valence-corrected chi connectivity index (χ1v) is 7.28. The number of rotatable bonds is 7. The van der Waals surface area contributed by atoms with E-state index < -0.39 is 0 Å². The Hall–Kier alpha value is -0.970. The molecule has 1 aromatic carbocycles. The second-order valence-corrected chi connectivity index (χ2v) is 5.73. The van der Waals surface area contributed by atoms with Crippen molar-refractivity contribution in [1.82, 2.24) is 5.32 Å². The Morgan fingerprint density at radius 3 is 2.75 bits per heavy atom. The fourth-order valence-electron chi connectivity index (χ4n) is 1.57. The molecular weight excluding hydrogens is 299 g/mol. The van der Waals surface area contributed by atoms with Gasteiger partial charge in [0.2, 0.25) is 0 Å². The van der Waals surface area contributed by atoms with Gasteiger partial charge in [0.15, 0.2) is 0 Å². The Balaban J connectivity index is 2.40. The van der Waals surface area contributed by atoms with E-state index in [9.17, 15) is 4.79 Å². The molecule has 0 aliphatic rings. The Morgan fingerprint density at radius 1 is 1.40 bits per heavy atom. The van der Waals surface area contributed by atoms with Crippen molar-refractivity contribution in [3.05, 3.63) is 27.7 Å². The fraction of sp³-hybridized carbons (Fsp3) is 0.500. The van der Waals surface area contributed by atoms with Gasteiger partial charge in [-0.3, -0.25) is 4.79 Å². The number of carbonyl (C=O) groups is 1. The molecule has 0 spiro atoms. The first-order chi connectivity index (χ1) is 9.41. The number of nitrogen functional groups attached to an aromatic ring is 1. The van der Waals surface area contributed by atoms with Crippen LogP contribution >= 0.6 is 23.2 Å². The van der Waals surface area contributed by atoms with Crippen molar-refractivity contribution < 1.29 is 9.53 Å². The maximum Gasteiger partial charge on any atom is 0.252 e. The third kappa shape index (κ3) is 5.57. The van der Waals surface area contributed by atoms with Gasteiger partial charge in [-0.05, 0) is 24.5 Å². The number of halogens is 2. The summed E-state index contributed by atoms with van der Waals surface area (Å²) >= 11 is 11.9. The number of benzene rings is 1. The van der Waals surface area contributed by atoms with E-state index in [0.717, 1.165) is 13.0 Å². The SMILES string of the molecule is CC(C)COCCCNC(=O)c1cc(N)cc(Cl)c1Cl. The van der Waals surface area contributed by atoms with Crippen LogP contribution in [0.1, 0.15) is 30.6 Å². The van der Waals surface area contributed by atoms with Crippen LogP contribution in [0.3, 0.4) is 0 Å². The first kappa shape index (κ1) is 17.1. The topological polar surface area (TPSA) is 64.3 Å². The predicted molar refractivity (Wildman–Crippen MR) is 83.5 cm³/mol. The average Bonchev–Trinajstić information content (AvgIpc) is 2.37. The number of ether oxygens (including phenoxy) is 1. The van der Waals surface area contributed by atoms with E-state index in [1.807, 2.05) is 0 Å².